The van der Waals surface area contributed by atoms with Crippen molar-refractivity contribution in [2.45, 2.75) is 18.9 Å². The zero-order valence-electron chi connectivity index (χ0n) is 18.4. The first kappa shape index (κ1) is 23.2. The molecule has 3 aromatic rings. The predicted molar refractivity (Wildman–Crippen MR) is 123 cm³/mol. The van der Waals surface area contributed by atoms with Crippen molar-refractivity contribution in [2.24, 2.45) is 0 Å². The Bertz CT molecular complexity index is 1290. The third-order valence-corrected chi connectivity index (χ3v) is 5.38. The van der Waals surface area contributed by atoms with Gasteiger partial charge in [-0.1, -0.05) is 11.8 Å². The second-order valence-corrected chi connectivity index (χ2v) is 7.64. The number of benzene rings is 1. The first-order valence-electron chi connectivity index (χ1n) is 10.9. The van der Waals surface area contributed by atoms with Crippen molar-refractivity contribution in [1.82, 2.24) is 20.2 Å². The summed E-state index contributed by atoms with van der Waals surface area (Å²) in [5.74, 6) is 5.49. The first-order chi connectivity index (χ1) is 16.5. The van der Waals surface area contributed by atoms with Gasteiger partial charge in [0.15, 0.2) is 0 Å². The van der Waals surface area contributed by atoms with Crippen LogP contribution in [0.3, 0.4) is 0 Å². The summed E-state index contributed by atoms with van der Waals surface area (Å²) in [7, 11) is 0. The Kier molecular flexibility index (Phi) is 7.37. The zero-order valence-corrected chi connectivity index (χ0v) is 18.4. The lowest BCUT2D eigenvalue weighted by molar-refractivity contribution is -0.135. The Balaban J connectivity index is 1.43. The molecular formula is C24H24N4O6. The number of nitrogens with zero attached hydrogens (tertiary/aromatic N) is 2. The number of carbonyl (C=O) groups is 3. The maximum absolute atomic E-state index is 12.5. The van der Waals surface area contributed by atoms with Gasteiger partial charge in [-0.25, -0.2) is 9.78 Å². The molecule has 3 amide bonds. The smallest absolute Gasteiger partial charge is 0.404 e. The number of rotatable bonds is 8. The molecule has 1 fully saturated rings. The highest BCUT2D eigenvalue weighted by molar-refractivity contribution is 6.09. The van der Waals surface area contributed by atoms with E-state index >= 15 is 0 Å². The van der Waals surface area contributed by atoms with E-state index in [1.807, 2.05) is 34.9 Å². The number of aromatic nitrogens is 2. The second kappa shape index (κ2) is 10.8. The number of imide groups is 1. The van der Waals surface area contributed by atoms with E-state index in [1.165, 1.54) is 0 Å². The molecular weight excluding hydrogens is 440 g/mol. The molecule has 4 rings (SSSR count). The fourth-order valence-corrected chi connectivity index (χ4v) is 3.91. The van der Waals surface area contributed by atoms with E-state index in [0.29, 0.717) is 25.3 Å². The van der Waals surface area contributed by atoms with Crippen molar-refractivity contribution in [3.05, 3.63) is 42.1 Å². The molecule has 1 atom stereocenters. The van der Waals surface area contributed by atoms with Crippen LogP contribution in [0.5, 0.6) is 0 Å². The molecule has 1 aromatic carbocycles. The average molecular weight is 464 g/mol. The molecule has 0 spiro atoms. The number of ether oxygens (including phenoxy) is 2. The molecule has 3 N–H and O–H groups in total. The molecule has 1 unspecified atom stereocenters. The SMILES string of the molecule is O=C(O)NCCOCCOCC#Cc1ccc2c(c1)c1cccnc1n2C1CCC(=O)NC1=O. The number of amides is 3. The minimum atomic E-state index is -1.08. The van der Waals surface area contributed by atoms with Crippen LogP contribution in [0, 0.1) is 11.8 Å². The fraction of sp³-hybridized carbons (Fsp3) is 0.333. The van der Waals surface area contributed by atoms with Crippen LogP contribution in [-0.2, 0) is 19.1 Å². The van der Waals surface area contributed by atoms with Crippen LogP contribution in [-0.4, -0.2) is 65.5 Å². The Morgan fingerprint density at radius 1 is 1.21 bits per heavy atom. The first-order valence-corrected chi connectivity index (χ1v) is 10.9. The van der Waals surface area contributed by atoms with Crippen molar-refractivity contribution in [1.29, 1.82) is 0 Å². The summed E-state index contributed by atoms with van der Waals surface area (Å²) in [6, 6.07) is 9.08. The Morgan fingerprint density at radius 3 is 2.88 bits per heavy atom. The van der Waals surface area contributed by atoms with Gasteiger partial charge in [0, 0.05) is 35.5 Å². The van der Waals surface area contributed by atoms with Crippen LogP contribution in [0.15, 0.2) is 36.5 Å². The van der Waals surface area contributed by atoms with Crippen LogP contribution < -0.4 is 10.6 Å². The van der Waals surface area contributed by atoms with Gasteiger partial charge in [-0.3, -0.25) is 14.9 Å². The molecule has 2 aromatic heterocycles. The van der Waals surface area contributed by atoms with E-state index in [1.54, 1.807) is 6.20 Å². The number of piperidine rings is 1. The third kappa shape index (κ3) is 5.33. The lowest BCUT2D eigenvalue weighted by Crippen LogP contribution is -2.41. The quantitative estimate of drug-likeness (QED) is 0.263. The van der Waals surface area contributed by atoms with Crippen LogP contribution in [0.25, 0.3) is 21.9 Å². The highest BCUT2D eigenvalue weighted by Crippen LogP contribution is 2.33. The predicted octanol–water partition coefficient (Wildman–Crippen LogP) is 1.82. The monoisotopic (exact) mass is 464 g/mol. The number of carbonyl (C=O) groups excluding carboxylic acids is 2. The van der Waals surface area contributed by atoms with E-state index in [2.05, 4.69) is 27.5 Å². The number of hydrogen-bond donors (Lipinski definition) is 3. The van der Waals surface area contributed by atoms with Gasteiger partial charge in [0.25, 0.3) is 0 Å². The molecule has 0 bridgehead atoms. The minimum Gasteiger partial charge on any atom is -0.465 e. The van der Waals surface area contributed by atoms with E-state index < -0.39 is 12.1 Å². The molecule has 1 aliphatic heterocycles. The molecule has 0 saturated carbocycles. The Labute approximate surface area is 195 Å². The molecule has 1 saturated heterocycles. The summed E-state index contributed by atoms with van der Waals surface area (Å²) in [4.78, 5) is 39.0. The lowest BCUT2D eigenvalue weighted by atomic mass is 10.1. The van der Waals surface area contributed by atoms with Crippen molar-refractivity contribution in [3.8, 4) is 11.8 Å². The molecule has 10 heteroatoms. The summed E-state index contributed by atoms with van der Waals surface area (Å²) in [6.45, 7) is 1.44. The van der Waals surface area contributed by atoms with Crippen LogP contribution in [0.4, 0.5) is 4.79 Å². The molecule has 34 heavy (non-hydrogen) atoms. The number of nitrogens with one attached hydrogen (secondary N) is 2. The van der Waals surface area contributed by atoms with E-state index in [0.717, 1.165) is 21.9 Å². The second-order valence-electron chi connectivity index (χ2n) is 7.64. The molecule has 0 aliphatic carbocycles. The van der Waals surface area contributed by atoms with E-state index in [4.69, 9.17) is 14.6 Å². The van der Waals surface area contributed by atoms with Gasteiger partial charge in [0.2, 0.25) is 11.8 Å². The van der Waals surface area contributed by atoms with Crippen molar-refractivity contribution in [3.63, 3.8) is 0 Å². The van der Waals surface area contributed by atoms with Gasteiger partial charge in [-0.2, -0.15) is 0 Å². The maximum Gasteiger partial charge on any atom is 0.404 e. The number of fused-ring (bicyclic) bond motifs is 3. The zero-order chi connectivity index (χ0) is 23.9. The third-order valence-electron chi connectivity index (χ3n) is 5.38. The molecule has 176 valence electrons. The van der Waals surface area contributed by atoms with Gasteiger partial charge in [-0.15, -0.1) is 0 Å². The largest absolute Gasteiger partial charge is 0.465 e. The average Bonchev–Trinajstić information content (AvgIpc) is 3.14. The normalized spacial score (nSPS) is 15.7. The van der Waals surface area contributed by atoms with Gasteiger partial charge in [-0.05, 0) is 36.8 Å². The van der Waals surface area contributed by atoms with Crippen molar-refractivity contribution < 1.29 is 29.0 Å². The lowest BCUT2D eigenvalue weighted by Gasteiger charge is -2.23. The number of hydrogen-bond acceptors (Lipinski definition) is 6. The summed E-state index contributed by atoms with van der Waals surface area (Å²) < 4.78 is 12.6. The van der Waals surface area contributed by atoms with Crippen LogP contribution in [0.2, 0.25) is 0 Å². The highest BCUT2D eigenvalue weighted by atomic mass is 16.5. The Morgan fingerprint density at radius 2 is 2.06 bits per heavy atom. The molecule has 3 heterocycles. The highest BCUT2D eigenvalue weighted by Gasteiger charge is 2.30. The van der Waals surface area contributed by atoms with Gasteiger partial charge in [0.1, 0.15) is 18.3 Å². The minimum absolute atomic E-state index is 0.229. The van der Waals surface area contributed by atoms with Gasteiger partial charge >= 0.3 is 6.09 Å². The fourth-order valence-electron chi connectivity index (χ4n) is 3.91. The Hall–Kier alpha value is -3.94. The van der Waals surface area contributed by atoms with Crippen molar-refractivity contribution in [2.75, 3.05) is 33.0 Å². The van der Waals surface area contributed by atoms with Crippen LogP contribution >= 0.6 is 0 Å². The van der Waals surface area contributed by atoms with E-state index in [9.17, 15) is 14.4 Å². The molecule has 0 radical (unpaired) electrons. The maximum atomic E-state index is 12.5. The van der Waals surface area contributed by atoms with Gasteiger partial charge < -0.3 is 24.5 Å². The summed E-state index contributed by atoms with van der Waals surface area (Å²) >= 11 is 0. The summed E-state index contributed by atoms with van der Waals surface area (Å²) in [5.41, 5.74) is 2.36. The standard InChI is InChI=1S/C24H24N4O6/c29-21-8-7-20(23(30)27-21)28-19-6-5-16(15-18(19)17-4-1-9-25-22(17)28)3-2-11-33-13-14-34-12-10-26-24(31)32/h1,4-6,9,15,20,26H,7-8,10-14H2,(H,31,32)(H,27,29,30). The number of carboxylic acid groups (broad SMARTS) is 1. The van der Waals surface area contributed by atoms with E-state index in [-0.39, 0.29) is 38.0 Å². The summed E-state index contributed by atoms with van der Waals surface area (Å²) in [5, 5.41) is 14.9. The van der Waals surface area contributed by atoms with Crippen LogP contribution in [0.1, 0.15) is 24.4 Å². The summed E-state index contributed by atoms with van der Waals surface area (Å²) in [6.07, 6.45) is 1.33. The topological polar surface area (TPSA) is 132 Å². The van der Waals surface area contributed by atoms with Crippen molar-refractivity contribution >= 4 is 39.8 Å². The molecule has 1 aliphatic rings. The number of pyridine rings is 1. The van der Waals surface area contributed by atoms with Gasteiger partial charge in [0.05, 0.1) is 25.3 Å². The molecule has 10 nitrogen and oxygen atoms in total.